The number of hydrogen-bond acceptors (Lipinski definition) is 3. The number of carbonyl (C=O) groups is 2. The third kappa shape index (κ3) is 3.07. The first-order valence-corrected chi connectivity index (χ1v) is 8.46. The number of hydrogen-bond donors (Lipinski definition) is 3. The minimum atomic E-state index is -0.765. The fourth-order valence-electron chi connectivity index (χ4n) is 4.55. The van der Waals surface area contributed by atoms with Crippen molar-refractivity contribution in [2.75, 3.05) is 19.6 Å². The molecular formula is C16H26N2O4. The molecule has 6 nitrogen and oxygen atoms in total. The number of urea groups is 1. The molecule has 3 rings (SSSR count). The summed E-state index contributed by atoms with van der Waals surface area (Å²) < 4.78 is 0. The summed E-state index contributed by atoms with van der Waals surface area (Å²) in [5.41, 5.74) is -0.577. The third-order valence-corrected chi connectivity index (χ3v) is 5.91. The van der Waals surface area contributed by atoms with Gasteiger partial charge in [-0.3, -0.25) is 4.79 Å². The van der Waals surface area contributed by atoms with E-state index in [4.69, 9.17) is 5.11 Å². The van der Waals surface area contributed by atoms with Crippen LogP contribution >= 0.6 is 0 Å². The number of nitrogens with one attached hydrogen (secondary N) is 1. The number of aliphatic carboxylic acids is 1. The minimum absolute atomic E-state index is 0.129. The van der Waals surface area contributed by atoms with Gasteiger partial charge in [0.15, 0.2) is 0 Å². The fourth-order valence-corrected chi connectivity index (χ4v) is 4.55. The van der Waals surface area contributed by atoms with Crippen molar-refractivity contribution in [3.8, 4) is 0 Å². The van der Waals surface area contributed by atoms with Crippen molar-refractivity contribution in [3.05, 3.63) is 0 Å². The normalized spacial score (nSPS) is 34.9. The topological polar surface area (TPSA) is 89.9 Å². The Morgan fingerprint density at radius 1 is 1.18 bits per heavy atom. The maximum atomic E-state index is 12.1. The van der Waals surface area contributed by atoms with Crippen LogP contribution in [0.3, 0.4) is 0 Å². The lowest BCUT2D eigenvalue weighted by Gasteiger charge is -2.33. The summed E-state index contributed by atoms with van der Waals surface area (Å²) in [5.74, 6) is 0.0128. The molecule has 3 atom stereocenters. The van der Waals surface area contributed by atoms with Gasteiger partial charge in [-0.1, -0.05) is 0 Å². The Morgan fingerprint density at radius 2 is 1.91 bits per heavy atom. The molecule has 0 spiro atoms. The summed E-state index contributed by atoms with van der Waals surface area (Å²) in [6, 6.07) is -0.129. The fraction of sp³-hybridized carbons (Fsp3) is 0.875. The van der Waals surface area contributed by atoms with Gasteiger partial charge in [-0.25, -0.2) is 4.79 Å². The second kappa shape index (κ2) is 6.07. The molecule has 2 aliphatic carbocycles. The van der Waals surface area contributed by atoms with Crippen LogP contribution in [0.4, 0.5) is 4.79 Å². The number of aliphatic hydroxyl groups is 1. The molecule has 2 saturated carbocycles. The Balaban J connectivity index is 1.39. The molecule has 22 heavy (non-hydrogen) atoms. The number of piperidine rings is 1. The monoisotopic (exact) mass is 310 g/mol. The summed E-state index contributed by atoms with van der Waals surface area (Å²) in [5, 5.41) is 22.5. The van der Waals surface area contributed by atoms with Crippen LogP contribution in [0.5, 0.6) is 0 Å². The summed E-state index contributed by atoms with van der Waals surface area (Å²) in [6.45, 7) is 1.49. The van der Waals surface area contributed by atoms with Crippen LogP contribution in [-0.2, 0) is 4.79 Å². The summed E-state index contributed by atoms with van der Waals surface area (Å²) in [7, 11) is 0. The zero-order valence-electron chi connectivity index (χ0n) is 13.0. The molecule has 2 bridgehead atoms. The third-order valence-electron chi connectivity index (χ3n) is 5.91. The van der Waals surface area contributed by atoms with Crippen molar-refractivity contribution in [3.63, 3.8) is 0 Å². The number of carboxylic acid groups (broad SMARTS) is 1. The zero-order chi connectivity index (χ0) is 15.7. The highest BCUT2D eigenvalue weighted by Crippen LogP contribution is 2.51. The molecule has 0 aromatic carbocycles. The van der Waals surface area contributed by atoms with Crippen molar-refractivity contribution >= 4 is 12.0 Å². The van der Waals surface area contributed by atoms with Gasteiger partial charge in [0.25, 0.3) is 0 Å². The van der Waals surface area contributed by atoms with Gasteiger partial charge in [0.1, 0.15) is 0 Å². The van der Waals surface area contributed by atoms with E-state index in [2.05, 4.69) is 5.32 Å². The molecule has 1 saturated heterocycles. The minimum Gasteiger partial charge on any atom is -0.481 e. The highest BCUT2D eigenvalue weighted by Gasteiger charge is 2.49. The Labute approximate surface area is 130 Å². The molecule has 0 aromatic rings. The van der Waals surface area contributed by atoms with Crippen LogP contribution in [0, 0.1) is 17.8 Å². The molecule has 3 fully saturated rings. The maximum absolute atomic E-state index is 12.1. The lowest BCUT2D eigenvalue weighted by atomic mass is 9.82. The molecule has 124 valence electrons. The molecular weight excluding hydrogens is 284 g/mol. The van der Waals surface area contributed by atoms with Gasteiger partial charge in [0, 0.05) is 19.6 Å². The molecule has 0 radical (unpaired) electrons. The average molecular weight is 310 g/mol. The van der Waals surface area contributed by atoms with Gasteiger partial charge in [-0.15, -0.1) is 0 Å². The Kier molecular flexibility index (Phi) is 4.30. The van der Waals surface area contributed by atoms with Crippen LogP contribution in [0.15, 0.2) is 0 Å². The molecule has 1 heterocycles. The average Bonchev–Trinajstić information content (AvgIpc) is 3.07. The SMILES string of the molecule is O=C(O)C1CCN(C(=O)NCCC2(O)CC3CCC2C3)CC1. The first-order valence-electron chi connectivity index (χ1n) is 8.46. The van der Waals surface area contributed by atoms with E-state index in [0.717, 1.165) is 19.3 Å². The summed E-state index contributed by atoms with van der Waals surface area (Å²) in [6.07, 6.45) is 6.08. The maximum Gasteiger partial charge on any atom is 0.317 e. The molecule has 1 aliphatic heterocycles. The van der Waals surface area contributed by atoms with Crippen LogP contribution in [-0.4, -0.2) is 52.3 Å². The van der Waals surface area contributed by atoms with E-state index in [9.17, 15) is 14.7 Å². The first kappa shape index (κ1) is 15.6. The molecule has 3 unspecified atom stereocenters. The van der Waals surface area contributed by atoms with Gasteiger partial charge in [0.2, 0.25) is 0 Å². The highest BCUT2D eigenvalue weighted by molar-refractivity contribution is 5.75. The van der Waals surface area contributed by atoms with Crippen LogP contribution < -0.4 is 5.32 Å². The van der Waals surface area contributed by atoms with E-state index in [1.807, 2.05) is 0 Å². The molecule has 2 amide bonds. The Morgan fingerprint density at radius 3 is 2.45 bits per heavy atom. The zero-order valence-corrected chi connectivity index (χ0v) is 13.0. The Bertz CT molecular complexity index is 447. The molecule has 3 N–H and O–H groups in total. The van der Waals surface area contributed by atoms with Gasteiger partial charge in [0.05, 0.1) is 11.5 Å². The number of carboxylic acids is 1. The predicted molar refractivity (Wildman–Crippen MR) is 80.3 cm³/mol. The van der Waals surface area contributed by atoms with Crippen molar-refractivity contribution in [1.29, 1.82) is 0 Å². The van der Waals surface area contributed by atoms with Crippen LogP contribution in [0.2, 0.25) is 0 Å². The largest absolute Gasteiger partial charge is 0.481 e. The van der Waals surface area contributed by atoms with E-state index in [-0.39, 0.29) is 11.9 Å². The van der Waals surface area contributed by atoms with Crippen molar-refractivity contribution < 1.29 is 19.8 Å². The van der Waals surface area contributed by atoms with Crippen LogP contribution in [0.1, 0.15) is 44.9 Å². The number of nitrogens with zero attached hydrogens (tertiary/aromatic N) is 1. The quantitative estimate of drug-likeness (QED) is 0.733. The van der Waals surface area contributed by atoms with E-state index >= 15 is 0 Å². The second-order valence-corrected chi connectivity index (χ2v) is 7.27. The molecule has 3 aliphatic rings. The summed E-state index contributed by atoms with van der Waals surface area (Å²) >= 11 is 0. The smallest absolute Gasteiger partial charge is 0.317 e. The van der Waals surface area contributed by atoms with Crippen molar-refractivity contribution in [1.82, 2.24) is 10.2 Å². The predicted octanol–water partition coefficient (Wildman–Crippen LogP) is 1.43. The second-order valence-electron chi connectivity index (χ2n) is 7.27. The molecule has 6 heteroatoms. The van der Waals surface area contributed by atoms with E-state index in [0.29, 0.717) is 50.7 Å². The highest BCUT2D eigenvalue weighted by atomic mass is 16.4. The number of fused-ring (bicyclic) bond motifs is 2. The Hall–Kier alpha value is -1.30. The number of carbonyl (C=O) groups excluding carboxylic acids is 1. The van der Waals surface area contributed by atoms with E-state index in [1.165, 1.54) is 6.42 Å². The number of likely N-dealkylation sites (tertiary alicyclic amines) is 1. The van der Waals surface area contributed by atoms with Crippen molar-refractivity contribution in [2.45, 2.75) is 50.5 Å². The first-order chi connectivity index (χ1) is 10.5. The van der Waals surface area contributed by atoms with Gasteiger partial charge in [-0.2, -0.15) is 0 Å². The lowest BCUT2D eigenvalue weighted by molar-refractivity contribution is -0.143. The summed E-state index contributed by atoms with van der Waals surface area (Å²) in [4.78, 5) is 24.7. The van der Waals surface area contributed by atoms with E-state index in [1.54, 1.807) is 4.90 Å². The standard InChI is InChI=1S/C16H26N2O4/c19-14(20)12-3-7-18(8-4-12)15(21)17-6-5-16(22)10-11-1-2-13(16)9-11/h11-13,22H,1-10H2,(H,17,21)(H,19,20). The molecule has 0 aromatic heterocycles. The van der Waals surface area contributed by atoms with E-state index < -0.39 is 11.6 Å². The lowest BCUT2D eigenvalue weighted by Crippen LogP contribution is -2.47. The van der Waals surface area contributed by atoms with Crippen molar-refractivity contribution in [2.24, 2.45) is 17.8 Å². The van der Waals surface area contributed by atoms with Gasteiger partial charge < -0.3 is 20.4 Å². The number of rotatable bonds is 4. The van der Waals surface area contributed by atoms with Gasteiger partial charge >= 0.3 is 12.0 Å². The van der Waals surface area contributed by atoms with Gasteiger partial charge in [-0.05, 0) is 56.8 Å². The number of amides is 2. The van der Waals surface area contributed by atoms with Crippen LogP contribution in [0.25, 0.3) is 0 Å².